The lowest BCUT2D eigenvalue weighted by Crippen LogP contribution is -2.44. The molecule has 0 aliphatic carbocycles. The molecule has 2 aromatic heterocycles. The molecule has 2 fully saturated rings. The minimum Gasteiger partial charge on any atom is -0.461 e. The topological polar surface area (TPSA) is 75.6 Å². The van der Waals surface area contributed by atoms with Crippen molar-refractivity contribution in [2.45, 2.75) is 38.6 Å². The van der Waals surface area contributed by atoms with Crippen LogP contribution in [0.1, 0.15) is 38.0 Å². The first-order valence-corrected chi connectivity index (χ1v) is 9.17. The van der Waals surface area contributed by atoms with E-state index in [2.05, 4.69) is 19.9 Å². The minimum absolute atomic E-state index is 0.177. The van der Waals surface area contributed by atoms with Crippen LogP contribution in [0.4, 0.5) is 0 Å². The normalized spacial score (nSPS) is 20.1. The van der Waals surface area contributed by atoms with Crippen LogP contribution in [0.2, 0.25) is 0 Å². The molecule has 0 bridgehead atoms. The molecule has 0 unspecified atom stereocenters. The van der Waals surface area contributed by atoms with Gasteiger partial charge in [-0.1, -0.05) is 5.16 Å². The van der Waals surface area contributed by atoms with Crippen LogP contribution in [-0.4, -0.2) is 52.0 Å². The van der Waals surface area contributed by atoms with Crippen molar-refractivity contribution < 1.29 is 13.7 Å². The fourth-order valence-corrected chi connectivity index (χ4v) is 3.73. The standard InChI is InChI=1S/C18H24N4O3/c23-18(22-8-2-1-3-9-22)14-6-10-21(11-7-14)13-16-19-17(20-25-16)15-5-4-12-24-15/h4-5,12,14H,1-3,6-11,13H2. The molecule has 25 heavy (non-hydrogen) atoms. The number of hydrogen-bond donors (Lipinski definition) is 0. The third-order valence-electron chi connectivity index (χ3n) is 5.17. The second kappa shape index (κ2) is 7.39. The Balaban J connectivity index is 1.28. The molecule has 0 aromatic carbocycles. The van der Waals surface area contributed by atoms with E-state index in [-0.39, 0.29) is 5.92 Å². The summed E-state index contributed by atoms with van der Waals surface area (Å²) < 4.78 is 10.6. The van der Waals surface area contributed by atoms with Crippen molar-refractivity contribution in [3.05, 3.63) is 24.3 Å². The molecule has 7 nitrogen and oxygen atoms in total. The molecule has 1 amide bonds. The Hall–Kier alpha value is -2.15. The number of carbonyl (C=O) groups excluding carboxylic acids is 1. The smallest absolute Gasteiger partial charge is 0.241 e. The van der Waals surface area contributed by atoms with Gasteiger partial charge < -0.3 is 13.8 Å². The highest BCUT2D eigenvalue weighted by Crippen LogP contribution is 2.23. The number of nitrogens with zero attached hydrogens (tertiary/aromatic N) is 4. The predicted molar refractivity (Wildman–Crippen MR) is 90.4 cm³/mol. The predicted octanol–water partition coefficient (Wildman–Crippen LogP) is 2.55. The average molecular weight is 344 g/mol. The van der Waals surface area contributed by atoms with Crippen LogP contribution in [-0.2, 0) is 11.3 Å². The first-order chi connectivity index (χ1) is 12.3. The highest BCUT2D eigenvalue weighted by molar-refractivity contribution is 5.79. The summed E-state index contributed by atoms with van der Waals surface area (Å²) in [6, 6.07) is 3.61. The highest BCUT2D eigenvalue weighted by Gasteiger charge is 2.29. The molecular weight excluding hydrogens is 320 g/mol. The van der Waals surface area contributed by atoms with Crippen LogP contribution in [0.25, 0.3) is 11.6 Å². The van der Waals surface area contributed by atoms with Crippen LogP contribution in [0.3, 0.4) is 0 Å². The third kappa shape index (κ3) is 3.76. The average Bonchev–Trinajstić information content (AvgIpc) is 3.34. The maximum atomic E-state index is 12.6. The van der Waals surface area contributed by atoms with Crippen molar-refractivity contribution in [2.24, 2.45) is 5.92 Å². The van der Waals surface area contributed by atoms with Gasteiger partial charge in [0.15, 0.2) is 5.76 Å². The molecule has 2 aliphatic rings. The summed E-state index contributed by atoms with van der Waals surface area (Å²) in [4.78, 5) is 21.3. The second-order valence-corrected chi connectivity index (χ2v) is 6.93. The summed E-state index contributed by atoms with van der Waals surface area (Å²) in [7, 11) is 0. The van der Waals surface area contributed by atoms with Gasteiger partial charge in [-0.05, 0) is 57.3 Å². The van der Waals surface area contributed by atoms with Gasteiger partial charge in [-0.15, -0.1) is 0 Å². The lowest BCUT2D eigenvalue weighted by Gasteiger charge is -2.35. The summed E-state index contributed by atoms with van der Waals surface area (Å²) in [5.41, 5.74) is 0. The zero-order chi connectivity index (χ0) is 17.1. The fraction of sp³-hybridized carbons (Fsp3) is 0.611. The van der Waals surface area contributed by atoms with Gasteiger partial charge in [0.05, 0.1) is 12.8 Å². The van der Waals surface area contributed by atoms with Crippen LogP contribution < -0.4 is 0 Å². The van der Waals surface area contributed by atoms with Crippen molar-refractivity contribution in [1.29, 1.82) is 0 Å². The number of hydrogen-bond acceptors (Lipinski definition) is 6. The second-order valence-electron chi connectivity index (χ2n) is 6.93. The lowest BCUT2D eigenvalue weighted by molar-refractivity contribution is -0.138. The monoisotopic (exact) mass is 344 g/mol. The number of carbonyl (C=O) groups is 1. The van der Waals surface area contributed by atoms with Crippen LogP contribution in [0, 0.1) is 5.92 Å². The van der Waals surface area contributed by atoms with Crippen molar-refractivity contribution >= 4 is 5.91 Å². The van der Waals surface area contributed by atoms with E-state index in [1.54, 1.807) is 12.3 Å². The lowest BCUT2D eigenvalue weighted by atomic mass is 9.94. The van der Waals surface area contributed by atoms with E-state index in [0.29, 0.717) is 29.9 Å². The van der Waals surface area contributed by atoms with E-state index in [4.69, 9.17) is 8.94 Å². The Kier molecular flexibility index (Phi) is 4.83. The number of likely N-dealkylation sites (tertiary alicyclic amines) is 2. The molecule has 0 radical (unpaired) electrons. The van der Waals surface area contributed by atoms with E-state index in [1.807, 2.05) is 6.07 Å². The molecule has 2 aliphatic heterocycles. The molecular formula is C18H24N4O3. The SMILES string of the molecule is O=C(C1CCN(Cc2nc(-c3ccco3)no2)CC1)N1CCCCC1. The molecule has 2 aromatic rings. The van der Waals surface area contributed by atoms with Crippen LogP contribution in [0.5, 0.6) is 0 Å². The van der Waals surface area contributed by atoms with Gasteiger partial charge >= 0.3 is 0 Å². The number of rotatable bonds is 4. The van der Waals surface area contributed by atoms with Crippen molar-refractivity contribution in [3.63, 3.8) is 0 Å². The first kappa shape index (κ1) is 16.3. The Bertz CT molecular complexity index is 683. The van der Waals surface area contributed by atoms with Gasteiger partial charge in [-0.25, -0.2) is 0 Å². The van der Waals surface area contributed by atoms with Gasteiger partial charge in [0.25, 0.3) is 0 Å². The van der Waals surface area contributed by atoms with E-state index in [9.17, 15) is 4.79 Å². The maximum absolute atomic E-state index is 12.6. The molecule has 4 heterocycles. The van der Waals surface area contributed by atoms with Gasteiger partial charge in [-0.2, -0.15) is 4.98 Å². The Morgan fingerprint density at radius 2 is 1.96 bits per heavy atom. The Labute approximate surface area is 147 Å². The van der Waals surface area contributed by atoms with E-state index < -0.39 is 0 Å². The third-order valence-corrected chi connectivity index (χ3v) is 5.17. The molecule has 0 N–H and O–H groups in total. The summed E-state index contributed by atoms with van der Waals surface area (Å²) >= 11 is 0. The Morgan fingerprint density at radius 1 is 1.16 bits per heavy atom. The molecule has 0 atom stereocenters. The summed E-state index contributed by atoms with van der Waals surface area (Å²) in [6.45, 7) is 4.29. The summed E-state index contributed by atoms with van der Waals surface area (Å²) in [5, 5.41) is 3.96. The summed E-state index contributed by atoms with van der Waals surface area (Å²) in [6.07, 6.45) is 6.98. The summed E-state index contributed by atoms with van der Waals surface area (Å²) in [5.74, 6) is 2.22. The van der Waals surface area contributed by atoms with Gasteiger partial charge in [0.2, 0.25) is 17.6 Å². The molecule has 2 saturated heterocycles. The van der Waals surface area contributed by atoms with E-state index in [1.165, 1.54) is 6.42 Å². The van der Waals surface area contributed by atoms with E-state index >= 15 is 0 Å². The molecule has 4 rings (SSSR count). The van der Waals surface area contributed by atoms with Crippen molar-refractivity contribution in [1.82, 2.24) is 19.9 Å². The van der Waals surface area contributed by atoms with Crippen molar-refractivity contribution in [3.8, 4) is 11.6 Å². The molecule has 7 heteroatoms. The largest absolute Gasteiger partial charge is 0.461 e. The van der Waals surface area contributed by atoms with Gasteiger partial charge in [0.1, 0.15) is 0 Å². The van der Waals surface area contributed by atoms with Crippen molar-refractivity contribution in [2.75, 3.05) is 26.2 Å². The zero-order valence-corrected chi connectivity index (χ0v) is 14.4. The van der Waals surface area contributed by atoms with Crippen LogP contribution in [0.15, 0.2) is 27.3 Å². The Morgan fingerprint density at radius 3 is 2.68 bits per heavy atom. The highest BCUT2D eigenvalue weighted by atomic mass is 16.5. The van der Waals surface area contributed by atoms with Crippen LogP contribution >= 0.6 is 0 Å². The molecule has 0 saturated carbocycles. The first-order valence-electron chi connectivity index (χ1n) is 9.17. The molecule has 0 spiro atoms. The molecule has 134 valence electrons. The van der Waals surface area contributed by atoms with E-state index in [0.717, 1.165) is 51.9 Å². The maximum Gasteiger partial charge on any atom is 0.241 e. The number of aromatic nitrogens is 2. The minimum atomic E-state index is 0.177. The fourth-order valence-electron chi connectivity index (χ4n) is 3.73. The van der Waals surface area contributed by atoms with Gasteiger partial charge in [0, 0.05) is 19.0 Å². The number of piperidine rings is 2. The number of furan rings is 1. The zero-order valence-electron chi connectivity index (χ0n) is 14.4. The van der Waals surface area contributed by atoms with Gasteiger partial charge in [-0.3, -0.25) is 9.69 Å². The quantitative estimate of drug-likeness (QED) is 0.848. The number of amides is 1.